The summed E-state index contributed by atoms with van der Waals surface area (Å²) in [7, 11) is -0.492. The first-order valence-corrected chi connectivity index (χ1v) is 9.27. The van der Waals surface area contributed by atoms with Gasteiger partial charge in [-0.05, 0) is 58.4 Å². The van der Waals surface area contributed by atoms with Gasteiger partial charge in [-0.2, -0.15) is 0 Å². The van der Waals surface area contributed by atoms with Crippen molar-refractivity contribution in [2.75, 3.05) is 27.3 Å². The normalized spacial score (nSPS) is 11.5. The maximum atomic E-state index is 13.0. The third-order valence-electron chi connectivity index (χ3n) is 3.11. The summed E-state index contributed by atoms with van der Waals surface area (Å²) in [6, 6.07) is 10.3. The molecule has 0 unspecified atom stereocenters. The van der Waals surface area contributed by atoms with Crippen LogP contribution in [-0.4, -0.2) is 40.0 Å². The Bertz CT molecular complexity index is 794. The van der Waals surface area contributed by atoms with Crippen molar-refractivity contribution < 1.29 is 22.3 Å². The Morgan fingerprint density at radius 2 is 1.67 bits per heavy atom. The molecule has 2 aromatic rings. The molecule has 0 aromatic heterocycles. The molecule has 0 N–H and O–H groups in total. The molecule has 0 radical (unpaired) electrons. The van der Waals surface area contributed by atoms with E-state index < -0.39 is 10.0 Å². The van der Waals surface area contributed by atoms with Gasteiger partial charge in [-0.25, -0.2) is 17.1 Å². The summed E-state index contributed by atoms with van der Waals surface area (Å²) in [5, 5.41) is 0. The summed E-state index contributed by atoms with van der Waals surface area (Å²) < 4.78 is 49.5. The largest absolute Gasteiger partial charge is 0.490 e. The van der Waals surface area contributed by atoms with E-state index in [0.717, 1.165) is 4.31 Å². The van der Waals surface area contributed by atoms with Gasteiger partial charge in [0.05, 0.1) is 9.37 Å². The number of rotatable bonds is 7. The van der Waals surface area contributed by atoms with E-state index in [1.165, 1.54) is 44.4 Å². The minimum atomic E-state index is -3.45. The molecule has 0 aliphatic heterocycles. The van der Waals surface area contributed by atoms with Crippen LogP contribution in [0.1, 0.15) is 0 Å². The summed E-state index contributed by atoms with van der Waals surface area (Å²) in [5.74, 6) is 0.708. The lowest BCUT2D eigenvalue weighted by Gasteiger charge is -2.12. The second-order valence-corrected chi connectivity index (χ2v) is 8.04. The summed E-state index contributed by atoms with van der Waals surface area (Å²) in [6.07, 6.45) is 0. The van der Waals surface area contributed by atoms with Gasteiger partial charge in [0.15, 0.2) is 0 Å². The lowest BCUT2D eigenvalue weighted by molar-refractivity contribution is 0.216. The van der Waals surface area contributed by atoms with Crippen LogP contribution in [0.5, 0.6) is 11.5 Å². The van der Waals surface area contributed by atoms with Crippen molar-refractivity contribution in [3.63, 3.8) is 0 Å². The molecule has 0 amide bonds. The standard InChI is InChI=1S/C16H17BrFNO4S/c1-19(2)24(20,21)14-6-4-13(5-7-14)22-9-10-23-16-8-3-12(18)11-15(16)17/h3-8,11H,9-10H2,1-2H3. The number of ether oxygens (including phenoxy) is 2. The molecule has 0 heterocycles. The molecule has 5 nitrogen and oxygen atoms in total. The maximum absolute atomic E-state index is 13.0. The van der Waals surface area contributed by atoms with Crippen LogP contribution in [0, 0.1) is 5.82 Å². The van der Waals surface area contributed by atoms with E-state index in [0.29, 0.717) is 16.0 Å². The monoisotopic (exact) mass is 417 g/mol. The Balaban J connectivity index is 1.87. The lowest BCUT2D eigenvalue weighted by atomic mass is 10.3. The maximum Gasteiger partial charge on any atom is 0.242 e. The van der Waals surface area contributed by atoms with Crippen LogP contribution >= 0.6 is 15.9 Å². The predicted octanol–water partition coefficient (Wildman–Crippen LogP) is 3.30. The SMILES string of the molecule is CN(C)S(=O)(=O)c1ccc(OCCOc2ccc(F)cc2Br)cc1. The Morgan fingerprint density at radius 1 is 1.04 bits per heavy atom. The first-order valence-electron chi connectivity index (χ1n) is 7.04. The van der Waals surface area contributed by atoms with E-state index in [9.17, 15) is 12.8 Å². The number of halogens is 2. The first kappa shape index (κ1) is 18.7. The van der Waals surface area contributed by atoms with E-state index in [2.05, 4.69) is 15.9 Å². The van der Waals surface area contributed by atoms with Crippen LogP contribution in [0.2, 0.25) is 0 Å². The number of hydrogen-bond donors (Lipinski definition) is 0. The van der Waals surface area contributed by atoms with Gasteiger partial charge in [-0.15, -0.1) is 0 Å². The Morgan fingerprint density at radius 3 is 2.25 bits per heavy atom. The van der Waals surface area contributed by atoms with Gasteiger partial charge >= 0.3 is 0 Å². The van der Waals surface area contributed by atoms with E-state index in [4.69, 9.17) is 9.47 Å². The third kappa shape index (κ3) is 4.68. The van der Waals surface area contributed by atoms with Gasteiger partial charge in [-0.1, -0.05) is 0 Å². The molecule has 2 rings (SSSR count). The molecule has 24 heavy (non-hydrogen) atoms. The number of hydrogen-bond acceptors (Lipinski definition) is 4. The quantitative estimate of drug-likeness (QED) is 0.648. The molecule has 0 bridgehead atoms. The average molecular weight is 418 g/mol. The topological polar surface area (TPSA) is 55.8 Å². The molecule has 8 heteroatoms. The Kier molecular flexibility index (Phi) is 6.20. The van der Waals surface area contributed by atoms with E-state index in [-0.39, 0.29) is 23.9 Å². The van der Waals surface area contributed by atoms with Gasteiger partial charge < -0.3 is 9.47 Å². The molecule has 0 fully saturated rings. The van der Waals surface area contributed by atoms with Gasteiger partial charge in [-0.3, -0.25) is 0 Å². The van der Waals surface area contributed by atoms with Gasteiger partial charge in [0.1, 0.15) is 30.5 Å². The van der Waals surface area contributed by atoms with Crippen molar-refractivity contribution in [1.29, 1.82) is 0 Å². The van der Waals surface area contributed by atoms with Crippen LogP contribution < -0.4 is 9.47 Å². The highest BCUT2D eigenvalue weighted by Gasteiger charge is 2.16. The number of sulfonamides is 1. The highest BCUT2D eigenvalue weighted by atomic mass is 79.9. The van der Waals surface area contributed by atoms with Crippen molar-refractivity contribution >= 4 is 26.0 Å². The van der Waals surface area contributed by atoms with Crippen LogP contribution in [-0.2, 0) is 10.0 Å². The molecular weight excluding hydrogens is 401 g/mol. The summed E-state index contributed by atoms with van der Waals surface area (Å²) in [4.78, 5) is 0.200. The Labute approximate surface area is 149 Å². The minimum Gasteiger partial charge on any atom is -0.490 e. The minimum absolute atomic E-state index is 0.200. The van der Waals surface area contributed by atoms with Gasteiger partial charge in [0, 0.05) is 14.1 Å². The summed E-state index contributed by atoms with van der Waals surface area (Å²) in [6.45, 7) is 0.533. The fourth-order valence-corrected chi connectivity index (χ4v) is 3.19. The van der Waals surface area contributed by atoms with Gasteiger partial charge in [0.2, 0.25) is 10.0 Å². The smallest absolute Gasteiger partial charge is 0.242 e. The second kappa shape index (κ2) is 7.96. The molecule has 0 spiro atoms. The highest BCUT2D eigenvalue weighted by Crippen LogP contribution is 2.25. The average Bonchev–Trinajstić information content (AvgIpc) is 2.53. The van der Waals surface area contributed by atoms with Crippen molar-refractivity contribution in [2.24, 2.45) is 0 Å². The van der Waals surface area contributed by atoms with Gasteiger partial charge in [0.25, 0.3) is 0 Å². The van der Waals surface area contributed by atoms with E-state index >= 15 is 0 Å². The fourth-order valence-electron chi connectivity index (χ4n) is 1.82. The highest BCUT2D eigenvalue weighted by molar-refractivity contribution is 9.10. The zero-order valence-corrected chi connectivity index (χ0v) is 15.6. The summed E-state index contributed by atoms with van der Waals surface area (Å²) in [5.41, 5.74) is 0. The molecule has 0 aliphatic rings. The Hall–Kier alpha value is -1.64. The first-order chi connectivity index (χ1) is 11.3. The molecular formula is C16H17BrFNO4S. The van der Waals surface area contributed by atoms with Crippen LogP contribution in [0.25, 0.3) is 0 Å². The van der Waals surface area contributed by atoms with Crippen molar-refractivity contribution in [3.05, 3.63) is 52.8 Å². The molecule has 0 aliphatic carbocycles. The zero-order chi connectivity index (χ0) is 17.7. The van der Waals surface area contributed by atoms with Crippen LogP contribution in [0.3, 0.4) is 0 Å². The van der Waals surface area contributed by atoms with Crippen molar-refractivity contribution in [1.82, 2.24) is 4.31 Å². The van der Waals surface area contributed by atoms with Crippen molar-refractivity contribution in [3.8, 4) is 11.5 Å². The molecule has 0 saturated carbocycles. The second-order valence-electron chi connectivity index (χ2n) is 5.03. The fraction of sp³-hybridized carbons (Fsp3) is 0.250. The zero-order valence-electron chi connectivity index (χ0n) is 13.2. The molecule has 0 saturated heterocycles. The van der Waals surface area contributed by atoms with Crippen LogP contribution in [0.4, 0.5) is 4.39 Å². The molecule has 2 aromatic carbocycles. The van der Waals surface area contributed by atoms with E-state index in [1.807, 2.05) is 0 Å². The number of benzene rings is 2. The third-order valence-corrected chi connectivity index (χ3v) is 5.55. The van der Waals surface area contributed by atoms with E-state index in [1.54, 1.807) is 12.1 Å². The van der Waals surface area contributed by atoms with Crippen molar-refractivity contribution in [2.45, 2.75) is 4.90 Å². The summed E-state index contributed by atoms with van der Waals surface area (Å²) >= 11 is 3.22. The molecule has 0 atom stereocenters. The molecule has 130 valence electrons. The van der Waals surface area contributed by atoms with Crippen LogP contribution in [0.15, 0.2) is 51.8 Å². The number of nitrogens with zero attached hydrogens (tertiary/aromatic N) is 1. The lowest BCUT2D eigenvalue weighted by Crippen LogP contribution is -2.22. The predicted molar refractivity (Wildman–Crippen MR) is 92.4 cm³/mol.